The zero-order valence-corrected chi connectivity index (χ0v) is 14.4. The van der Waals surface area contributed by atoms with Crippen LogP contribution in [-0.4, -0.2) is 24.5 Å². The molecule has 114 valence electrons. The molecule has 2 unspecified atom stereocenters. The van der Waals surface area contributed by atoms with Crippen LogP contribution in [0.25, 0.3) is 0 Å². The summed E-state index contributed by atoms with van der Waals surface area (Å²) in [6.07, 6.45) is 1.05. The third kappa shape index (κ3) is 4.07. The number of likely N-dealkylation sites (N-methyl/N-ethyl adjacent to an activating group) is 1. The number of rotatable bonds is 6. The van der Waals surface area contributed by atoms with Gasteiger partial charge < -0.3 is 5.73 Å². The fourth-order valence-corrected chi connectivity index (χ4v) is 3.75. The number of hydrogen-bond donors (Lipinski definition) is 1. The Balaban J connectivity index is 2.15. The summed E-state index contributed by atoms with van der Waals surface area (Å²) < 4.78 is 0. The second kappa shape index (κ2) is 7.41. The van der Waals surface area contributed by atoms with E-state index >= 15 is 0 Å². The Bertz CT molecular complexity index is 568. The van der Waals surface area contributed by atoms with Gasteiger partial charge in [0.05, 0.1) is 0 Å². The number of aryl methyl sites for hydroxylation is 1. The van der Waals surface area contributed by atoms with Gasteiger partial charge in [-0.05, 0) is 62.0 Å². The van der Waals surface area contributed by atoms with Gasteiger partial charge in [0.25, 0.3) is 0 Å². The maximum absolute atomic E-state index is 6.06. The Hall–Kier alpha value is -0.870. The standard InChI is InChI=1S/C17H23ClN2S/c1-12-9-14(18)6-7-16(12)17(11-19)20(3)13(2)10-15-5-4-8-21-15/h4-9,13,17H,10-11,19H2,1-3H3. The van der Waals surface area contributed by atoms with E-state index < -0.39 is 0 Å². The van der Waals surface area contributed by atoms with Gasteiger partial charge in [-0.2, -0.15) is 0 Å². The van der Waals surface area contributed by atoms with Gasteiger partial charge in [-0.15, -0.1) is 11.3 Å². The van der Waals surface area contributed by atoms with Crippen LogP contribution in [0.4, 0.5) is 0 Å². The zero-order valence-electron chi connectivity index (χ0n) is 12.8. The normalized spacial score (nSPS) is 14.4. The Morgan fingerprint density at radius 2 is 2.10 bits per heavy atom. The number of hydrogen-bond acceptors (Lipinski definition) is 3. The van der Waals surface area contributed by atoms with Crippen molar-refractivity contribution < 1.29 is 0 Å². The van der Waals surface area contributed by atoms with Crippen molar-refractivity contribution in [1.29, 1.82) is 0 Å². The molecule has 4 heteroatoms. The van der Waals surface area contributed by atoms with Gasteiger partial charge in [-0.1, -0.05) is 23.7 Å². The van der Waals surface area contributed by atoms with Gasteiger partial charge >= 0.3 is 0 Å². The van der Waals surface area contributed by atoms with Crippen LogP contribution < -0.4 is 5.73 Å². The van der Waals surface area contributed by atoms with Crippen molar-refractivity contribution in [3.63, 3.8) is 0 Å². The fourth-order valence-electron chi connectivity index (χ4n) is 2.70. The average molecular weight is 323 g/mol. The SMILES string of the molecule is Cc1cc(Cl)ccc1C(CN)N(C)C(C)Cc1cccs1. The summed E-state index contributed by atoms with van der Waals surface area (Å²) in [7, 11) is 2.16. The highest BCUT2D eigenvalue weighted by Gasteiger charge is 2.22. The highest BCUT2D eigenvalue weighted by Crippen LogP contribution is 2.27. The number of nitrogens with zero attached hydrogens (tertiary/aromatic N) is 1. The first kappa shape index (κ1) is 16.5. The molecule has 1 heterocycles. The minimum absolute atomic E-state index is 0.220. The second-order valence-electron chi connectivity index (χ2n) is 5.55. The molecule has 0 amide bonds. The van der Waals surface area contributed by atoms with Crippen molar-refractivity contribution in [3.05, 3.63) is 56.7 Å². The topological polar surface area (TPSA) is 29.3 Å². The molecule has 0 radical (unpaired) electrons. The predicted octanol–water partition coefficient (Wildman–Crippen LogP) is 4.27. The van der Waals surface area contributed by atoms with Gasteiger partial charge in [0, 0.05) is 28.5 Å². The smallest absolute Gasteiger partial charge is 0.0473 e. The van der Waals surface area contributed by atoms with Gasteiger partial charge in [-0.25, -0.2) is 0 Å². The lowest BCUT2D eigenvalue weighted by Crippen LogP contribution is -2.38. The molecule has 0 spiro atoms. The van der Waals surface area contributed by atoms with E-state index in [1.807, 2.05) is 23.5 Å². The summed E-state index contributed by atoms with van der Waals surface area (Å²) in [5.41, 5.74) is 8.52. The van der Waals surface area contributed by atoms with E-state index in [0.29, 0.717) is 12.6 Å². The van der Waals surface area contributed by atoms with Crippen LogP contribution in [0.2, 0.25) is 5.02 Å². The summed E-state index contributed by atoms with van der Waals surface area (Å²) in [5, 5.41) is 2.91. The molecule has 2 rings (SSSR count). The summed E-state index contributed by atoms with van der Waals surface area (Å²) in [6.45, 7) is 4.96. The zero-order chi connectivity index (χ0) is 15.4. The van der Waals surface area contributed by atoms with Gasteiger partial charge in [0.1, 0.15) is 0 Å². The van der Waals surface area contributed by atoms with Crippen LogP contribution in [0.1, 0.15) is 29.0 Å². The van der Waals surface area contributed by atoms with E-state index in [1.54, 1.807) is 0 Å². The maximum atomic E-state index is 6.06. The number of thiophene rings is 1. The van der Waals surface area contributed by atoms with Crippen LogP contribution in [0.5, 0.6) is 0 Å². The van der Waals surface area contributed by atoms with E-state index in [4.69, 9.17) is 17.3 Å². The second-order valence-corrected chi connectivity index (χ2v) is 7.02. The van der Waals surface area contributed by atoms with E-state index in [9.17, 15) is 0 Å². The molecule has 0 fully saturated rings. The first-order valence-corrected chi connectivity index (χ1v) is 8.49. The number of benzene rings is 1. The Kier molecular flexibility index (Phi) is 5.82. The molecule has 2 aromatic rings. The minimum atomic E-state index is 0.220. The molecule has 0 saturated heterocycles. The molecular formula is C17H23ClN2S. The lowest BCUT2D eigenvalue weighted by molar-refractivity contribution is 0.188. The first-order valence-electron chi connectivity index (χ1n) is 7.23. The largest absolute Gasteiger partial charge is 0.329 e. The van der Waals surface area contributed by atoms with Crippen LogP contribution in [0.15, 0.2) is 35.7 Å². The van der Waals surface area contributed by atoms with Gasteiger partial charge in [0.15, 0.2) is 0 Å². The summed E-state index contributed by atoms with van der Waals surface area (Å²) >= 11 is 7.87. The molecule has 2 atom stereocenters. The lowest BCUT2D eigenvalue weighted by atomic mass is 9.98. The lowest BCUT2D eigenvalue weighted by Gasteiger charge is -2.33. The van der Waals surface area contributed by atoms with E-state index in [2.05, 4.69) is 49.4 Å². The van der Waals surface area contributed by atoms with Crippen molar-refractivity contribution in [2.24, 2.45) is 5.73 Å². The van der Waals surface area contributed by atoms with E-state index in [1.165, 1.54) is 16.0 Å². The summed E-state index contributed by atoms with van der Waals surface area (Å²) in [6, 6.07) is 11.0. The van der Waals surface area contributed by atoms with Crippen molar-refractivity contribution in [3.8, 4) is 0 Å². The van der Waals surface area contributed by atoms with Crippen molar-refractivity contribution in [2.45, 2.75) is 32.4 Å². The molecule has 1 aromatic heterocycles. The van der Waals surface area contributed by atoms with Gasteiger partial charge in [-0.3, -0.25) is 4.90 Å². The average Bonchev–Trinajstić information content (AvgIpc) is 2.94. The first-order chi connectivity index (χ1) is 10.0. The number of halogens is 1. The molecule has 1 aromatic carbocycles. The third-order valence-corrected chi connectivity index (χ3v) is 5.21. The molecular weight excluding hydrogens is 300 g/mol. The predicted molar refractivity (Wildman–Crippen MR) is 93.2 cm³/mol. The monoisotopic (exact) mass is 322 g/mol. The number of nitrogens with two attached hydrogens (primary N) is 1. The molecule has 21 heavy (non-hydrogen) atoms. The Morgan fingerprint density at radius 3 is 2.67 bits per heavy atom. The molecule has 0 bridgehead atoms. The molecule has 2 nitrogen and oxygen atoms in total. The van der Waals surface area contributed by atoms with Crippen LogP contribution in [-0.2, 0) is 6.42 Å². The molecule has 0 aliphatic heterocycles. The summed E-state index contributed by atoms with van der Waals surface area (Å²) in [5.74, 6) is 0. The maximum Gasteiger partial charge on any atom is 0.0473 e. The fraction of sp³-hybridized carbons (Fsp3) is 0.412. The van der Waals surface area contributed by atoms with Crippen molar-refractivity contribution in [1.82, 2.24) is 4.90 Å². The highest BCUT2D eigenvalue weighted by molar-refractivity contribution is 7.09. The molecule has 2 N–H and O–H groups in total. The highest BCUT2D eigenvalue weighted by atomic mass is 35.5. The van der Waals surface area contributed by atoms with Crippen LogP contribution in [0.3, 0.4) is 0 Å². The molecule has 0 aliphatic rings. The van der Waals surface area contributed by atoms with Crippen molar-refractivity contribution in [2.75, 3.05) is 13.6 Å². The molecule has 0 saturated carbocycles. The van der Waals surface area contributed by atoms with E-state index in [0.717, 1.165) is 11.4 Å². The van der Waals surface area contributed by atoms with Crippen LogP contribution in [0, 0.1) is 6.92 Å². The van der Waals surface area contributed by atoms with Crippen molar-refractivity contribution >= 4 is 22.9 Å². The van der Waals surface area contributed by atoms with E-state index in [-0.39, 0.29) is 6.04 Å². The quantitative estimate of drug-likeness (QED) is 0.860. The Labute approximate surface area is 136 Å². The summed E-state index contributed by atoms with van der Waals surface area (Å²) in [4.78, 5) is 3.79. The Morgan fingerprint density at radius 1 is 1.33 bits per heavy atom. The minimum Gasteiger partial charge on any atom is -0.329 e. The van der Waals surface area contributed by atoms with Crippen LogP contribution >= 0.6 is 22.9 Å². The third-order valence-electron chi connectivity index (χ3n) is 4.08. The van der Waals surface area contributed by atoms with Gasteiger partial charge in [0.2, 0.25) is 0 Å². The molecule has 0 aliphatic carbocycles.